The Balaban J connectivity index is 1.35. The van der Waals surface area contributed by atoms with Gasteiger partial charge in [0, 0.05) is 0 Å². The predicted molar refractivity (Wildman–Crippen MR) is 185 cm³/mol. The summed E-state index contributed by atoms with van der Waals surface area (Å²) < 4.78 is 0. The van der Waals surface area contributed by atoms with Crippen molar-refractivity contribution in [1.82, 2.24) is 0 Å². The van der Waals surface area contributed by atoms with Gasteiger partial charge >= 0.3 is 210 Å². The van der Waals surface area contributed by atoms with E-state index < -0.39 is 7.26 Å². The van der Waals surface area contributed by atoms with Crippen molar-refractivity contribution >= 4 is 35.3 Å². The molecule has 0 heterocycles. The molecule has 0 nitrogen and oxygen atoms in total. The van der Waals surface area contributed by atoms with Gasteiger partial charge in [-0.15, -0.1) is 0 Å². The number of unbranched alkanes of at least 4 members (excludes halogenated alkanes) is 4. The molecule has 41 heavy (non-hydrogen) atoms. The molecule has 5 rings (SSSR count). The third kappa shape index (κ3) is 7.52. The van der Waals surface area contributed by atoms with Gasteiger partial charge in [-0.3, -0.25) is 0 Å². The standard InChI is InChI=1S/C40H43P/c1-2-3-4-5-9-16-34-23-25-35(26-24-34)27-28-36-29-31-37(32-30-36)33-41(38-17-10-6-11-18-38,39-19-12-7-13-20-39)40-21-14-8-15-22-40/h6-8,10-15,17-32,41H,2-5,9,16,33H2,1H3. The first kappa shape index (κ1) is 28.8. The van der Waals surface area contributed by atoms with E-state index in [9.17, 15) is 0 Å². The van der Waals surface area contributed by atoms with Crippen LogP contribution in [0.5, 0.6) is 0 Å². The zero-order valence-electron chi connectivity index (χ0n) is 24.4. The maximum absolute atomic E-state index is 2.33. The Kier molecular flexibility index (Phi) is 10.4. The molecular formula is C40H43P. The number of benzene rings is 5. The van der Waals surface area contributed by atoms with Gasteiger partial charge in [-0.25, -0.2) is 0 Å². The van der Waals surface area contributed by atoms with Gasteiger partial charge in [0.05, 0.1) is 0 Å². The van der Waals surface area contributed by atoms with Crippen LogP contribution in [0, 0.1) is 0 Å². The molecule has 0 saturated carbocycles. The van der Waals surface area contributed by atoms with Crippen LogP contribution in [0.4, 0.5) is 0 Å². The van der Waals surface area contributed by atoms with Gasteiger partial charge in [0.15, 0.2) is 0 Å². The Morgan fingerprint density at radius 2 is 0.854 bits per heavy atom. The van der Waals surface area contributed by atoms with Gasteiger partial charge in [0.2, 0.25) is 0 Å². The van der Waals surface area contributed by atoms with Crippen LogP contribution in [0.1, 0.15) is 61.3 Å². The van der Waals surface area contributed by atoms with Gasteiger partial charge in [-0.1, -0.05) is 32.6 Å². The SMILES string of the molecule is CCCCCCCc1ccc(C=Cc2ccc(C[PH](c3ccccc3)(c3ccccc3)c3ccccc3)cc2)cc1. The molecule has 0 unspecified atom stereocenters. The summed E-state index contributed by atoms with van der Waals surface area (Å²) in [6.07, 6.45) is 13.4. The molecule has 0 aliphatic rings. The summed E-state index contributed by atoms with van der Waals surface area (Å²) in [6.45, 7) is 2.27. The van der Waals surface area contributed by atoms with Crippen LogP contribution in [0.3, 0.4) is 0 Å². The normalized spacial score (nSPS) is 12.0. The van der Waals surface area contributed by atoms with Crippen LogP contribution in [0.25, 0.3) is 12.2 Å². The molecule has 0 atom stereocenters. The zero-order valence-corrected chi connectivity index (χ0v) is 25.4. The van der Waals surface area contributed by atoms with Crippen LogP contribution in [0.2, 0.25) is 0 Å². The molecule has 5 aromatic carbocycles. The van der Waals surface area contributed by atoms with Gasteiger partial charge in [0.25, 0.3) is 0 Å². The molecule has 0 aliphatic heterocycles. The first-order valence-electron chi connectivity index (χ1n) is 15.3. The van der Waals surface area contributed by atoms with Crippen LogP contribution in [-0.2, 0) is 12.6 Å². The summed E-state index contributed by atoms with van der Waals surface area (Å²) in [5.74, 6) is 0. The number of rotatable bonds is 13. The van der Waals surface area contributed by atoms with Crippen molar-refractivity contribution in [2.24, 2.45) is 0 Å². The summed E-state index contributed by atoms with van der Waals surface area (Å²) in [5, 5.41) is 4.35. The second kappa shape index (κ2) is 14.8. The maximum atomic E-state index is 2.33. The summed E-state index contributed by atoms with van der Waals surface area (Å²) in [7, 11) is -2.29. The average Bonchev–Trinajstić information content (AvgIpc) is 3.05. The van der Waals surface area contributed by atoms with Crippen molar-refractivity contribution in [3.63, 3.8) is 0 Å². The van der Waals surface area contributed by atoms with Crippen LogP contribution in [-0.4, -0.2) is 0 Å². The minimum atomic E-state index is -2.29. The molecule has 0 saturated heterocycles. The first-order chi connectivity index (χ1) is 20.3. The second-order valence-electron chi connectivity index (χ2n) is 11.2. The van der Waals surface area contributed by atoms with Crippen molar-refractivity contribution in [3.05, 3.63) is 162 Å². The first-order valence-corrected chi connectivity index (χ1v) is 17.5. The van der Waals surface area contributed by atoms with Gasteiger partial charge < -0.3 is 0 Å². The molecule has 0 amide bonds. The fraction of sp³-hybridized carbons (Fsp3) is 0.200. The molecule has 0 radical (unpaired) electrons. The van der Waals surface area contributed by atoms with Crippen LogP contribution < -0.4 is 15.9 Å². The molecule has 1 heteroatoms. The summed E-state index contributed by atoms with van der Waals surface area (Å²) in [6, 6.07) is 51.8. The number of hydrogen-bond acceptors (Lipinski definition) is 0. The van der Waals surface area contributed by atoms with E-state index in [0.29, 0.717) is 0 Å². The zero-order chi connectivity index (χ0) is 28.2. The average molecular weight is 555 g/mol. The Morgan fingerprint density at radius 3 is 1.29 bits per heavy atom. The van der Waals surface area contributed by atoms with Crippen molar-refractivity contribution in [2.75, 3.05) is 0 Å². The van der Waals surface area contributed by atoms with E-state index >= 15 is 0 Å². The van der Waals surface area contributed by atoms with E-state index in [0.717, 1.165) is 6.16 Å². The fourth-order valence-corrected chi connectivity index (χ4v) is 10.7. The van der Waals surface area contributed by atoms with Gasteiger partial charge in [-0.05, 0) is 6.42 Å². The molecule has 5 aromatic rings. The van der Waals surface area contributed by atoms with Crippen molar-refractivity contribution in [3.8, 4) is 0 Å². The third-order valence-corrected chi connectivity index (χ3v) is 13.2. The van der Waals surface area contributed by atoms with Crippen molar-refractivity contribution < 1.29 is 0 Å². The van der Waals surface area contributed by atoms with Gasteiger partial charge in [0.1, 0.15) is 0 Å². The summed E-state index contributed by atoms with van der Waals surface area (Å²) >= 11 is 0. The Hall–Kier alpha value is -3.73. The van der Waals surface area contributed by atoms with Crippen molar-refractivity contribution in [1.29, 1.82) is 0 Å². The molecule has 208 valence electrons. The summed E-state index contributed by atoms with van der Waals surface area (Å²) in [4.78, 5) is 0. The van der Waals surface area contributed by atoms with E-state index in [4.69, 9.17) is 0 Å². The monoisotopic (exact) mass is 554 g/mol. The molecular weight excluding hydrogens is 511 g/mol. The minimum absolute atomic E-state index is 1.02. The number of aryl methyl sites for hydroxylation is 1. The number of hydrogen-bond donors (Lipinski definition) is 0. The molecule has 0 fully saturated rings. The van der Waals surface area contributed by atoms with Gasteiger partial charge in [-0.2, -0.15) is 0 Å². The predicted octanol–water partition coefficient (Wildman–Crippen LogP) is 9.60. The molecule has 0 N–H and O–H groups in total. The second-order valence-corrected chi connectivity index (χ2v) is 15.1. The van der Waals surface area contributed by atoms with E-state index in [-0.39, 0.29) is 0 Å². The van der Waals surface area contributed by atoms with E-state index in [1.807, 2.05) is 0 Å². The molecule has 0 bridgehead atoms. The Morgan fingerprint density at radius 1 is 0.439 bits per heavy atom. The van der Waals surface area contributed by atoms with E-state index in [1.54, 1.807) is 0 Å². The Bertz CT molecular complexity index is 1370. The quantitative estimate of drug-likeness (QED) is 0.0772. The fourth-order valence-electron chi connectivity index (χ4n) is 5.95. The van der Waals surface area contributed by atoms with Crippen LogP contribution in [0.15, 0.2) is 140 Å². The van der Waals surface area contributed by atoms with Crippen LogP contribution >= 0.6 is 7.26 Å². The third-order valence-electron chi connectivity index (χ3n) is 8.27. The topological polar surface area (TPSA) is 0 Å². The molecule has 0 aliphatic carbocycles. The van der Waals surface area contributed by atoms with E-state index in [2.05, 4.69) is 159 Å². The molecule has 0 aromatic heterocycles. The Labute approximate surface area is 248 Å². The van der Waals surface area contributed by atoms with Crippen molar-refractivity contribution in [2.45, 2.75) is 51.6 Å². The van der Waals surface area contributed by atoms with E-state index in [1.165, 1.54) is 76.7 Å². The molecule has 0 spiro atoms. The summed E-state index contributed by atoms with van der Waals surface area (Å²) in [5.41, 5.74) is 5.33.